The van der Waals surface area contributed by atoms with Crippen molar-refractivity contribution < 1.29 is 9.90 Å². The lowest BCUT2D eigenvalue weighted by Crippen LogP contribution is -2.30. The Kier molecular flexibility index (Phi) is 1.92. The molecule has 0 heterocycles. The molecule has 2 N–H and O–H groups in total. The van der Waals surface area contributed by atoms with Gasteiger partial charge in [-0.15, -0.1) is 0 Å². The highest BCUT2D eigenvalue weighted by molar-refractivity contribution is 5.64. The van der Waals surface area contributed by atoms with Crippen LogP contribution in [-0.2, 0) is 0 Å². The highest BCUT2D eigenvalue weighted by atomic mass is 16.4. The molecule has 0 radical (unpaired) electrons. The quantitative estimate of drug-likeness (QED) is 0.558. The molecule has 0 aliphatic heterocycles. The summed E-state index contributed by atoms with van der Waals surface area (Å²) in [4.78, 5) is 10.0. The van der Waals surface area contributed by atoms with Crippen molar-refractivity contribution in [2.75, 3.05) is 0 Å². The zero-order valence-corrected chi connectivity index (χ0v) is 5.26. The van der Waals surface area contributed by atoms with E-state index in [1.165, 1.54) is 12.8 Å². The van der Waals surface area contributed by atoms with Crippen LogP contribution in [0.15, 0.2) is 0 Å². The minimum atomic E-state index is -0.887. The van der Waals surface area contributed by atoms with Gasteiger partial charge in [0.05, 0.1) is 0 Å². The fourth-order valence-corrected chi connectivity index (χ4v) is 1.24. The summed E-state index contributed by atoms with van der Waals surface area (Å²) in [5, 5.41) is 10.7. The third-order valence-corrected chi connectivity index (χ3v) is 1.68. The van der Waals surface area contributed by atoms with Crippen molar-refractivity contribution in [1.82, 2.24) is 5.32 Å². The molecule has 1 rings (SSSR count). The van der Waals surface area contributed by atoms with Crippen molar-refractivity contribution in [1.29, 1.82) is 0 Å². The fourth-order valence-electron chi connectivity index (χ4n) is 1.24. The number of nitrogens with one attached hydrogen (secondary N) is 1. The Morgan fingerprint density at radius 3 is 2.44 bits per heavy atom. The zero-order valence-electron chi connectivity index (χ0n) is 5.26. The Bertz CT molecular complexity index is 108. The molecule has 1 aliphatic rings. The van der Waals surface area contributed by atoms with Gasteiger partial charge in [0.1, 0.15) is 0 Å². The molecule has 0 spiro atoms. The zero-order chi connectivity index (χ0) is 6.69. The first-order chi connectivity index (χ1) is 4.29. The molecule has 0 aromatic rings. The van der Waals surface area contributed by atoms with Crippen LogP contribution in [0, 0.1) is 0 Å². The lowest BCUT2D eigenvalue weighted by molar-refractivity contribution is 0.190. The van der Waals surface area contributed by atoms with Gasteiger partial charge in [-0.3, -0.25) is 0 Å². The van der Waals surface area contributed by atoms with Crippen LogP contribution in [-0.4, -0.2) is 17.2 Å². The van der Waals surface area contributed by atoms with Gasteiger partial charge in [0, 0.05) is 6.04 Å². The van der Waals surface area contributed by atoms with Crippen molar-refractivity contribution in [2.45, 2.75) is 31.7 Å². The van der Waals surface area contributed by atoms with Crippen LogP contribution in [0.5, 0.6) is 0 Å². The van der Waals surface area contributed by atoms with Gasteiger partial charge < -0.3 is 10.4 Å². The molecular weight excluding hydrogens is 118 g/mol. The van der Waals surface area contributed by atoms with Gasteiger partial charge >= 0.3 is 6.09 Å². The summed E-state index contributed by atoms with van der Waals surface area (Å²) in [6.45, 7) is 0. The van der Waals surface area contributed by atoms with Gasteiger partial charge in [0.15, 0.2) is 0 Å². The van der Waals surface area contributed by atoms with Gasteiger partial charge in [-0.25, -0.2) is 4.79 Å². The number of carbonyl (C=O) groups is 1. The first-order valence-corrected chi connectivity index (χ1v) is 3.28. The maximum absolute atomic E-state index is 10.0. The van der Waals surface area contributed by atoms with Crippen LogP contribution < -0.4 is 5.32 Å². The number of carboxylic acid groups (broad SMARTS) is 1. The van der Waals surface area contributed by atoms with E-state index in [4.69, 9.17) is 5.11 Å². The molecule has 0 unspecified atom stereocenters. The van der Waals surface area contributed by atoms with E-state index >= 15 is 0 Å². The molecule has 9 heavy (non-hydrogen) atoms. The first-order valence-electron chi connectivity index (χ1n) is 3.28. The second-order valence-corrected chi connectivity index (χ2v) is 2.43. The van der Waals surface area contributed by atoms with E-state index in [-0.39, 0.29) is 6.04 Å². The maximum atomic E-state index is 10.0. The molecular formula is C6H11NO2. The maximum Gasteiger partial charge on any atom is 0.404 e. The van der Waals surface area contributed by atoms with Crippen LogP contribution in [0.1, 0.15) is 25.7 Å². The Morgan fingerprint density at radius 2 is 2.00 bits per heavy atom. The van der Waals surface area contributed by atoms with Crippen LogP contribution in [0.25, 0.3) is 0 Å². The van der Waals surface area contributed by atoms with E-state index in [2.05, 4.69) is 5.32 Å². The molecule has 1 aliphatic carbocycles. The van der Waals surface area contributed by atoms with E-state index in [9.17, 15) is 4.79 Å². The normalized spacial score (nSPS) is 20.0. The van der Waals surface area contributed by atoms with Crippen LogP contribution in [0.2, 0.25) is 0 Å². The minimum Gasteiger partial charge on any atom is -0.465 e. The number of hydrogen-bond acceptors (Lipinski definition) is 1. The summed E-state index contributed by atoms with van der Waals surface area (Å²) < 4.78 is 0. The predicted octanol–water partition coefficient (Wildman–Crippen LogP) is 1.20. The molecule has 0 bridgehead atoms. The van der Waals surface area contributed by atoms with Crippen molar-refractivity contribution in [3.05, 3.63) is 0 Å². The largest absolute Gasteiger partial charge is 0.465 e. The highest BCUT2D eigenvalue weighted by Crippen LogP contribution is 2.17. The summed E-state index contributed by atoms with van der Waals surface area (Å²) in [5.74, 6) is 0. The topological polar surface area (TPSA) is 49.3 Å². The standard InChI is InChI=1S/C6H11NO2/c8-6(9)7-5-3-1-2-4-5/h5,7H,1-4H2,(H,8,9). The number of rotatable bonds is 1. The van der Waals surface area contributed by atoms with E-state index in [0.717, 1.165) is 12.8 Å². The van der Waals surface area contributed by atoms with E-state index in [1.54, 1.807) is 0 Å². The molecule has 1 amide bonds. The van der Waals surface area contributed by atoms with Gasteiger partial charge in [-0.1, -0.05) is 12.8 Å². The summed E-state index contributed by atoms with van der Waals surface area (Å²) in [6, 6.07) is 0.238. The molecule has 0 saturated heterocycles. The van der Waals surface area contributed by atoms with Gasteiger partial charge in [0.2, 0.25) is 0 Å². The number of amides is 1. The Labute approximate surface area is 54.1 Å². The fraction of sp³-hybridized carbons (Fsp3) is 0.833. The predicted molar refractivity (Wildman–Crippen MR) is 33.4 cm³/mol. The SMILES string of the molecule is O=C(O)NC1CCCC1. The van der Waals surface area contributed by atoms with Crippen molar-refractivity contribution >= 4 is 6.09 Å². The Hall–Kier alpha value is -0.730. The molecule has 3 heteroatoms. The minimum absolute atomic E-state index is 0.238. The van der Waals surface area contributed by atoms with Crippen LogP contribution >= 0.6 is 0 Å². The molecule has 0 atom stereocenters. The van der Waals surface area contributed by atoms with E-state index in [0.29, 0.717) is 0 Å². The van der Waals surface area contributed by atoms with Crippen molar-refractivity contribution in [3.8, 4) is 0 Å². The molecule has 1 saturated carbocycles. The van der Waals surface area contributed by atoms with Crippen LogP contribution in [0.3, 0.4) is 0 Å². The summed E-state index contributed by atoms with van der Waals surface area (Å²) >= 11 is 0. The average molecular weight is 129 g/mol. The first kappa shape index (κ1) is 6.39. The molecule has 3 nitrogen and oxygen atoms in total. The van der Waals surface area contributed by atoms with Crippen molar-refractivity contribution in [2.24, 2.45) is 0 Å². The summed E-state index contributed by atoms with van der Waals surface area (Å²) in [6.07, 6.45) is 3.50. The monoisotopic (exact) mass is 129 g/mol. The van der Waals surface area contributed by atoms with Crippen LogP contribution in [0.4, 0.5) is 4.79 Å². The van der Waals surface area contributed by atoms with Gasteiger partial charge in [0.25, 0.3) is 0 Å². The smallest absolute Gasteiger partial charge is 0.404 e. The number of hydrogen-bond donors (Lipinski definition) is 2. The second kappa shape index (κ2) is 2.71. The average Bonchev–Trinajstić information content (AvgIpc) is 2.15. The van der Waals surface area contributed by atoms with Gasteiger partial charge in [-0.05, 0) is 12.8 Å². The lowest BCUT2D eigenvalue weighted by atomic mass is 10.3. The summed E-state index contributed by atoms with van der Waals surface area (Å²) in [7, 11) is 0. The lowest BCUT2D eigenvalue weighted by Gasteiger charge is -2.06. The summed E-state index contributed by atoms with van der Waals surface area (Å²) in [5.41, 5.74) is 0. The van der Waals surface area contributed by atoms with Gasteiger partial charge in [-0.2, -0.15) is 0 Å². The molecule has 0 aromatic carbocycles. The molecule has 0 aromatic heterocycles. The molecule has 1 fully saturated rings. The molecule has 52 valence electrons. The third kappa shape index (κ3) is 1.91. The highest BCUT2D eigenvalue weighted by Gasteiger charge is 2.15. The third-order valence-electron chi connectivity index (χ3n) is 1.68. The van der Waals surface area contributed by atoms with E-state index in [1.807, 2.05) is 0 Å². The van der Waals surface area contributed by atoms with Crippen molar-refractivity contribution in [3.63, 3.8) is 0 Å². The van der Waals surface area contributed by atoms with E-state index < -0.39 is 6.09 Å². The Morgan fingerprint density at radius 1 is 1.44 bits per heavy atom. The Balaban J connectivity index is 2.19. The second-order valence-electron chi connectivity index (χ2n) is 2.43.